The van der Waals surface area contributed by atoms with Crippen molar-refractivity contribution in [3.8, 4) is 45.3 Å². The van der Waals surface area contributed by atoms with Gasteiger partial charge in [0.05, 0.1) is 50.2 Å². The van der Waals surface area contributed by atoms with Crippen molar-refractivity contribution < 1.29 is 0 Å². The Morgan fingerprint density at radius 3 is 1.53 bits per heavy atom. The lowest BCUT2D eigenvalue weighted by molar-refractivity contribution is 0.809. The van der Waals surface area contributed by atoms with Crippen LogP contribution in [0.15, 0.2) is 218 Å². The molecule has 0 saturated heterocycles. The molecule has 0 spiro atoms. The largest absolute Gasteiger partial charge is 0.309 e. The van der Waals surface area contributed by atoms with E-state index in [0.29, 0.717) is 0 Å². The average Bonchev–Trinajstić information content (AvgIpc) is 4.11. The smallest absolute Gasteiger partial charge is 0.121 e. The maximum Gasteiger partial charge on any atom is 0.121 e. The third kappa shape index (κ3) is 4.92. The lowest BCUT2D eigenvalue weighted by Crippen LogP contribution is -2.05. The van der Waals surface area contributed by atoms with E-state index >= 15 is 0 Å². The molecule has 4 aromatic heterocycles. The molecule has 0 aliphatic rings. The number of benzene rings is 9. The van der Waals surface area contributed by atoms with Gasteiger partial charge in [-0.3, -0.25) is 0 Å². The second kappa shape index (κ2) is 13.5. The molecule has 0 aliphatic heterocycles. The summed E-state index contributed by atoms with van der Waals surface area (Å²) < 4.78 is 9.38. The number of hydrogen-bond donors (Lipinski definition) is 0. The Hall–Kier alpha value is -8.48. The lowest BCUT2D eigenvalue weighted by Gasteiger charge is -2.18. The van der Waals surface area contributed by atoms with Crippen LogP contribution in [0.25, 0.3) is 111 Å². The Morgan fingerprint density at radius 1 is 0.323 bits per heavy atom. The van der Waals surface area contributed by atoms with Gasteiger partial charge in [-0.25, -0.2) is 4.68 Å². The van der Waals surface area contributed by atoms with Crippen molar-refractivity contribution in [2.45, 2.75) is 0 Å². The van der Waals surface area contributed by atoms with Gasteiger partial charge < -0.3 is 13.7 Å². The molecule has 0 amide bonds. The van der Waals surface area contributed by atoms with Crippen LogP contribution in [0.1, 0.15) is 0 Å². The molecule has 0 atom stereocenters. The topological polar surface area (TPSA) is 45.5 Å². The van der Waals surface area contributed by atoms with Gasteiger partial charge in [0.2, 0.25) is 0 Å². The Balaban J connectivity index is 1.15. The molecule has 0 saturated carbocycles. The molecule has 9 aromatic carbocycles. The van der Waals surface area contributed by atoms with E-state index in [4.69, 9.17) is 10.3 Å². The van der Waals surface area contributed by atoms with Gasteiger partial charge in [-0.15, -0.1) is 5.10 Å². The van der Waals surface area contributed by atoms with Gasteiger partial charge in [0.25, 0.3) is 0 Å². The molecule has 290 valence electrons. The quantitative estimate of drug-likeness (QED) is 0.168. The Morgan fingerprint density at radius 2 is 0.839 bits per heavy atom. The van der Waals surface area contributed by atoms with Gasteiger partial charge in [0, 0.05) is 49.1 Å². The highest BCUT2D eigenvalue weighted by atomic mass is 15.4. The molecular weight excluding hydrogens is 757 g/mol. The van der Waals surface area contributed by atoms with Crippen molar-refractivity contribution in [2.24, 2.45) is 0 Å². The number of para-hydroxylation sites is 8. The maximum atomic E-state index is 4.90. The van der Waals surface area contributed by atoms with E-state index in [1.165, 1.54) is 38.0 Å². The highest BCUT2D eigenvalue weighted by Gasteiger charge is 2.26. The summed E-state index contributed by atoms with van der Waals surface area (Å²) in [7, 11) is 0. The molecule has 0 radical (unpaired) electrons. The van der Waals surface area contributed by atoms with Crippen LogP contribution < -0.4 is 0 Å². The Bertz CT molecular complexity index is 3790. The van der Waals surface area contributed by atoms with Crippen LogP contribution in [0.4, 0.5) is 0 Å². The highest BCUT2D eigenvalue weighted by molar-refractivity contribution is 6.26. The SMILES string of the molecule is c1ccc(-c2nnn(-c3ccccc3)c2-c2cccc3c4ccccc4n(-c4ccccc4-n4c5ccccc5c5c4ccc4c6ccccc6n(-c6ccccc6)c45)c23)cc1. The van der Waals surface area contributed by atoms with Gasteiger partial charge in [-0.05, 0) is 60.7 Å². The zero-order valence-corrected chi connectivity index (χ0v) is 33.5. The first-order chi connectivity index (χ1) is 30.8. The third-order valence-electron chi connectivity index (χ3n) is 12.5. The third-order valence-corrected chi connectivity index (χ3v) is 12.5. The molecule has 0 fully saturated rings. The monoisotopic (exact) mass is 792 g/mol. The fourth-order valence-electron chi connectivity index (χ4n) is 9.98. The molecule has 4 heterocycles. The van der Waals surface area contributed by atoms with E-state index in [1.807, 2.05) is 16.8 Å². The number of hydrogen-bond acceptors (Lipinski definition) is 2. The molecule has 0 bridgehead atoms. The van der Waals surface area contributed by atoms with E-state index in [9.17, 15) is 0 Å². The van der Waals surface area contributed by atoms with E-state index in [-0.39, 0.29) is 0 Å². The van der Waals surface area contributed by atoms with Crippen LogP contribution in [-0.2, 0) is 0 Å². The molecular formula is C56H36N6. The summed E-state index contributed by atoms with van der Waals surface area (Å²) in [6.07, 6.45) is 0. The predicted molar refractivity (Wildman–Crippen MR) is 255 cm³/mol. The van der Waals surface area contributed by atoms with E-state index in [2.05, 4.69) is 220 Å². The zero-order valence-electron chi connectivity index (χ0n) is 33.5. The van der Waals surface area contributed by atoms with Crippen LogP contribution in [0.5, 0.6) is 0 Å². The Kier molecular flexibility index (Phi) is 7.50. The van der Waals surface area contributed by atoms with Crippen LogP contribution in [-0.4, -0.2) is 28.7 Å². The van der Waals surface area contributed by atoms with Crippen LogP contribution in [0.3, 0.4) is 0 Å². The molecule has 6 heteroatoms. The first-order valence-corrected chi connectivity index (χ1v) is 21.0. The van der Waals surface area contributed by atoms with Crippen molar-refractivity contribution in [1.29, 1.82) is 0 Å². The number of rotatable bonds is 6. The number of aromatic nitrogens is 6. The van der Waals surface area contributed by atoms with Crippen LogP contribution in [0, 0.1) is 0 Å². The summed E-state index contributed by atoms with van der Waals surface area (Å²) in [6, 6.07) is 78.0. The van der Waals surface area contributed by atoms with Gasteiger partial charge in [-0.1, -0.05) is 163 Å². The molecule has 0 N–H and O–H groups in total. The summed E-state index contributed by atoms with van der Waals surface area (Å²) in [4.78, 5) is 0. The minimum Gasteiger partial charge on any atom is -0.309 e. The summed E-state index contributed by atoms with van der Waals surface area (Å²) in [5, 5.41) is 17.0. The van der Waals surface area contributed by atoms with Gasteiger partial charge in [0.1, 0.15) is 11.4 Å². The van der Waals surface area contributed by atoms with Gasteiger partial charge in [0.15, 0.2) is 0 Å². The summed E-state index contributed by atoms with van der Waals surface area (Å²) in [5.74, 6) is 0. The molecule has 62 heavy (non-hydrogen) atoms. The summed E-state index contributed by atoms with van der Waals surface area (Å²) >= 11 is 0. The first kappa shape index (κ1) is 34.4. The fourth-order valence-corrected chi connectivity index (χ4v) is 9.98. The summed E-state index contributed by atoms with van der Waals surface area (Å²) in [6.45, 7) is 0. The van der Waals surface area contributed by atoms with Crippen molar-refractivity contribution in [1.82, 2.24) is 28.7 Å². The number of nitrogens with zero attached hydrogens (tertiary/aromatic N) is 6. The minimum atomic E-state index is 0.826. The molecule has 13 aromatic rings. The van der Waals surface area contributed by atoms with E-state index < -0.39 is 0 Å². The highest BCUT2D eigenvalue weighted by Crippen LogP contribution is 2.45. The van der Waals surface area contributed by atoms with Crippen molar-refractivity contribution in [2.75, 3.05) is 0 Å². The standard InChI is InChI=1S/C56H36N6/c1-4-19-37(20-5-1)53-56(62(58-57-53)39-23-8-3-9-24-39)45-29-18-28-42-40-25-11-14-31-47(40)61(54(42)45)50-34-17-16-33-49(50)60-48-32-15-12-27-44(48)52-51(60)36-35-43-41-26-10-13-30-46(41)59(55(43)52)38-21-6-2-7-22-38/h1-36H. The number of fused-ring (bicyclic) bond motifs is 10. The predicted octanol–water partition coefficient (Wildman–Crippen LogP) is 13.9. The summed E-state index contributed by atoms with van der Waals surface area (Å²) in [5.41, 5.74) is 14.9. The van der Waals surface area contributed by atoms with Crippen molar-refractivity contribution >= 4 is 65.4 Å². The normalized spacial score (nSPS) is 11.9. The average molecular weight is 793 g/mol. The maximum absolute atomic E-state index is 4.90. The zero-order chi connectivity index (χ0) is 40.7. The molecule has 13 rings (SSSR count). The van der Waals surface area contributed by atoms with E-state index in [1.54, 1.807) is 0 Å². The lowest BCUT2D eigenvalue weighted by atomic mass is 10.0. The second-order valence-electron chi connectivity index (χ2n) is 15.8. The molecule has 0 unspecified atom stereocenters. The molecule has 6 nitrogen and oxygen atoms in total. The van der Waals surface area contributed by atoms with Crippen molar-refractivity contribution in [3.05, 3.63) is 218 Å². The fraction of sp³-hybridized carbons (Fsp3) is 0. The minimum absolute atomic E-state index is 0.826. The second-order valence-corrected chi connectivity index (χ2v) is 15.8. The van der Waals surface area contributed by atoms with E-state index in [0.717, 1.165) is 72.7 Å². The Labute approximate surface area is 356 Å². The van der Waals surface area contributed by atoms with Crippen LogP contribution in [0.2, 0.25) is 0 Å². The van der Waals surface area contributed by atoms with Gasteiger partial charge in [-0.2, -0.15) is 0 Å². The first-order valence-electron chi connectivity index (χ1n) is 21.0. The van der Waals surface area contributed by atoms with Crippen molar-refractivity contribution in [3.63, 3.8) is 0 Å². The van der Waals surface area contributed by atoms with Crippen LogP contribution >= 0.6 is 0 Å². The molecule has 0 aliphatic carbocycles. The van der Waals surface area contributed by atoms with Gasteiger partial charge >= 0.3 is 0 Å².